The van der Waals surface area contributed by atoms with E-state index < -0.39 is 0 Å². The second-order valence-electron chi connectivity index (χ2n) is 5.71. The average molecular weight is 377 g/mol. The summed E-state index contributed by atoms with van der Waals surface area (Å²) in [5.74, 6) is 0.845. The first-order valence-electron chi connectivity index (χ1n) is 8.17. The molecule has 1 amide bonds. The quantitative estimate of drug-likeness (QED) is 0.715. The summed E-state index contributed by atoms with van der Waals surface area (Å²) in [6, 6.07) is 3.47. The van der Waals surface area contributed by atoms with E-state index >= 15 is 0 Å². The molecule has 1 aliphatic rings. The number of halogens is 2. The molecule has 24 heavy (non-hydrogen) atoms. The van der Waals surface area contributed by atoms with Crippen molar-refractivity contribution in [2.24, 2.45) is 0 Å². The Labute approximate surface area is 154 Å². The van der Waals surface area contributed by atoms with Crippen LogP contribution in [0.4, 0.5) is 0 Å². The number of unbranched alkanes of at least 4 members (excludes halogenated alkanes) is 1. The maximum absolute atomic E-state index is 12.4. The van der Waals surface area contributed by atoms with E-state index in [1.165, 1.54) is 0 Å². The molecular weight excluding hydrogens is 351 g/mol. The van der Waals surface area contributed by atoms with Gasteiger partial charge in [0.1, 0.15) is 0 Å². The fourth-order valence-electron chi connectivity index (χ4n) is 2.55. The molecule has 1 heterocycles. The molecule has 2 N–H and O–H groups in total. The second-order valence-corrected chi connectivity index (χ2v) is 6.12. The van der Waals surface area contributed by atoms with Gasteiger partial charge in [-0.1, -0.05) is 24.9 Å². The van der Waals surface area contributed by atoms with Gasteiger partial charge in [-0.05, 0) is 37.9 Å². The lowest BCUT2D eigenvalue weighted by molar-refractivity contribution is 0.0930. The summed E-state index contributed by atoms with van der Waals surface area (Å²) in [5, 5.41) is 6.70. The molecule has 1 saturated heterocycles. The Morgan fingerprint density at radius 1 is 1.46 bits per heavy atom. The van der Waals surface area contributed by atoms with Crippen LogP contribution in [-0.2, 0) is 0 Å². The van der Waals surface area contributed by atoms with E-state index in [9.17, 15) is 4.79 Å². The highest BCUT2D eigenvalue weighted by Gasteiger charge is 2.19. The molecule has 1 aromatic rings. The zero-order valence-corrected chi connectivity index (χ0v) is 15.8. The lowest BCUT2D eigenvalue weighted by Gasteiger charge is -2.24. The molecule has 0 aliphatic carbocycles. The second kappa shape index (κ2) is 10.6. The molecule has 136 valence electrons. The van der Waals surface area contributed by atoms with Gasteiger partial charge in [0.2, 0.25) is 0 Å². The third-order valence-electron chi connectivity index (χ3n) is 3.87. The Morgan fingerprint density at radius 2 is 2.25 bits per heavy atom. The molecule has 5 nitrogen and oxygen atoms in total. The summed E-state index contributed by atoms with van der Waals surface area (Å²) < 4.78 is 11.0. The fourth-order valence-corrected chi connectivity index (χ4v) is 2.82. The summed E-state index contributed by atoms with van der Waals surface area (Å²) in [5.41, 5.74) is 0.486. The number of rotatable bonds is 7. The summed E-state index contributed by atoms with van der Waals surface area (Å²) in [7, 11) is 1.55. The average Bonchev–Trinajstić information content (AvgIpc) is 2.57. The van der Waals surface area contributed by atoms with Gasteiger partial charge in [-0.15, -0.1) is 12.4 Å². The van der Waals surface area contributed by atoms with Gasteiger partial charge in [0.05, 0.1) is 18.7 Å². The zero-order valence-electron chi connectivity index (χ0n) is 14.2. The van der Waals surface area contributed by atoms with Crippen LogP contribution in [0.5, 0.6) is 11.5 Å². The molecular formula is C17H26Cl2N2O3. The molecule has 0 saturated carbocycles. The predicted octanol–water partition coefficient (Wildman–Crippen LogP) is 3.43. The van der Waals surface area contributed by atoms with Crippen LogP contribution in [0.3, 0.4) is 0 Å². The van der Waals surface area contributed by atoms with E-state index in [4.69, 9.17) is 21.1 Å². The van der Waals surface area contributed by atoms with E-state index in [2.05, 4.69) is 17.6 Å². The zero-order chi connectivity index (χ0) is 16.7. The smallest absolute Gasteiger partial charge is 0.251 e. The van der Waals surface area contributed by atoms with Crippen LogP contribution >= 0.6 is 24.0 Å². The van der Waals surface area contributed by atoms with Crippen LogP contribution < -0.4 is 20.1 Å². The minimum atomic E-state index is -0.140. The third kappa shape index (κ3) is 5.72. The van der Waals surface area contributed by atoms with Crippen LogP contribution in [0.2, 0.25) is 5.02 Å². The number of carbonyl (C=O) groups excluding carboxylic acids is 1. The van der Waals surface area contributed by atoms with E-state index in [0.29, 0.717) is 28.7 Å². The van der Waals surface area contributed by atoms with Gasteiger partial charge >= 0.3 is 0 Å². The van der Waals surface area contributed by atoms with Crippen molar-refractivity contribution < 1.29 is 14.3 Å². The third-order valence-corrected chi connectivity index (χ3v) is 4.15. The van der Waals surface area contributed by atoms with Gasteiger partial charge in [-0.25, -0.2) is 0 Å². The monoisotopic (exact) mass is 376 g/mol. The highest BCUT2D eigenvalue weighted by atomic mass is 35.5. The van der Waals surface area contributed by atoms with Crippen LogP contribution in [0, 0.1) is 0 Å². The number of piperidine rings is 1. The summed E-state index contributed by atoms with van der Waals surface area (Å²) in [4.78, 5) is 12.4. The van der Waals surface area contributed by atoms with E-state index in [1.54, 1.807) is 19.2 Å². The van der Waals surface area contributed by atoms with Gasteiger partial charge < -0.3 is 20.1 Å². The van der Waals surface area contributed by atoms with Gasteiger partial charge in [-0.3, -0.25) is 4.79 Å². The van der Waals surface area contributed by atoms with Crippen molar-refractivity contribution in [2.75, 3.05) is 26.8 Å². The van der Waals surface area contributed by atoms with Crippen LogP contribution in [0.15, 0.2) is 12.1 Å². The Morgan fingerprint density at radius 3 is 2.88 bits per heavy atom. The highest BCUT2D eigenvalue weighted by molar-refractivity contribution is 6.32. The Hall–Kier alpha value is -1.17. The number of benzene rings is 1. The van der Waals surface area contributed by atoms with E-state index in [0.717, 1.165) is 38.8 Å². The van der Waals surface area contributed by atoms with E-state index in [1.807, 2.05) is 0 Å². The minimum absolute atomic E-state index is 0. The van der Waals surface area contributed by atoms with Crippen molar-refractivity contribution in [3.05, 3.63) is 22.7 Å². The topological polar surface area (TPSA) is 59.6 Å². The summed E-state index contributed by atoms with van der Waals surface area (Å²) >= 11 is 6.28. The predicted molar refractivity (Wildman–Crippen MR) is 99.0 cm³/mol. The van der Waals surface area contributed by atoms with Gasteiger partial charge in [0.15, 0.2) is 11.5 Å². The number of hydrogen-bond donors (Lipinski definition) is 2. The van der Waals surface area contributed by atoms with Crippen molar-refractivity contribution in [3.8, 4) is 11.5 Å². The lowest BCUT2D eigenvalue weighted by atomic mass is 10.1. The first-order chi connectivity index (χ1) is 11.2. The van der Waals surface area contributed by atoms with Gasteiger partial charge in [0, 0.05) is 18.2 Å². The van der Waals surface area contributed by atoms with Crippen LogP contribution in [0.1, 0.15) is 43.0 Å². The Bertz CT molecular complexity index is 535. The maximum atomic E-state index is 12.4. The standard InChI is InChI=1S/C17H25ClN2O3.ClH/c1-3-4-8-23-16-14(18)9-12(10-15(16)22-2)17(21)20-13-6-5-7-19-11-13;/h9-10,13,19H,3-8,11H2,1-2H3,(H,20,21);1H. The Balaban J connectivity index is 0.00000288. The lowest BCUT2D eigenvalue weighted by Crippen LogP contribution is -2.45. The molecule has 7 heteroatoms. The van der Waals surface area contributed by atoms with E-state index in [-0.39, 0.29) is 24.4 Å². The number of ether oxygens (including phenoxy) is 2. The maximum Gasteiger partial charge on any atom is 0.251 e. The fraction of sp³-hybridized carbons (Fsp3) is 0.588. The largest absolute Gasteiger partial charge is 0.493 e. The SMILES string of the molecule is CCCCOc1c(Cl)cc(C(=O)NC2CCCNC2)cc1OC.Cl. The molecule has 1 unspecified atom stereocenters. The van der Waals surface area contributed by atoms with Crippen molar-refractivity contribution in [2.45, 2.75) is 38.6 Å². The first kappa shape index (κ1) is 20.9. The summed E-state index contributed by atoms with van der Waals surface area (Å²) in [6.45, 7) is 4.48. The molecule has 0 radical (unpaired) electrons. The number of nitrogens with one attached hydrogen (secondary N) is 2. The van der Waals surface area contributed by atoms with Crippen molar-refractivity contribution in [1.82, 2.24) is 10.6 Å². The van der Waals surface area contributed by atoms with Gasteiger partial charge in [0.25, 0.3) is 5.91 Å². The number of hydrogen-bond acceptors (Lipinski definition) is 4. The highest BCUT2D eigenvalue weighted by Crippen LogP contribution is 2.36. The summed E-state index contributed by atoms with van der Waals surface area (Å²) in [6.07, 6.45) is 4.04. The van der Waals surface area contributed by atoms with Gasteiger partial charge in [-0.2, -0.15) is 0 Å². The molecule has 1 aromatic carbocycles. The van der Waals surface area contributed by atoms with Crippen LogP contribution in [-0.4, -0.2) is 38.8 Å². The molecule has 0 spiro atoms. The van der Waals surface area contributed by atoms with Crippen molar-refractivity contribution >= 4 is 29.9 Å². The molecule has 0 bridgehead atoms. The molecule has 1 fully saturated rings. The normalized spacial score (nSPS) is 16.9. The van der Waals surface area contributed by atoms with Crippen molar-refractivity contribution in [1.29, 1.82) is 0 Å². The number of carbonyl (C=O) groups is 1. The Kier molecular flexibility index (Phi) is 9.26. The number of methoxy groups -OCH3 is 1. The molecule has 2 rings (SSSR count). The molecule has 1 atom stereocenters. The minimum Gasteiger partial charge on any atom is -0.493 e. The van der Waals surface area contributed by atoms with Crippen molar-refractivity contribution in [3.63, 3.8) is 0 Å². The molecule has 0 aromatic heterocycles. The molecule has 1 aliphatic heterocycles. The first-order valence-corrected chi connectivity index (χ1v) is 8.55. The van der Waals surface area contributed by atoms with Crippen LogP contribution in [0.25, 0.3) is 0 Å². The number of amides is 1.